The van der Waals surface area contributed by atoms with Gasteiger partial charge < -0.3 is 10.1 Å². The predicted molar refractivity (Wildman–Crippen MR) is 67.3 cm³/mol. The second kappa shape index (κ2) is 4.37. The minimum Gasteiger partial charge on any atom is -0.391 e. The molecule has 1 N–H and O–H groups in total. The number of ether oxygens (including phenoxy) is 1. The average Bonchev–Trinajstić information content (AvgIpc) is 2.59. The lowest BCUT2D eigenvalue weighted by molar-refractivity contribution is -0.138. The highest BCUT2D eigenvalue weighted by Gasteiger charge is 2.40. The Balaban J connectivity index is 2.20. The number of nitrogens with one attached hydrogen (secondary N) is 1. The van der Waals surface area contributed by atoms with Crippen molar-refractivity contribution >= 4 is 29.3 Å². The molecule has 5 heteroatoms. The number of hydrogen-bond acceptors (Lipinski definition) is 4. The summed E-state index contributed by atoms with van der Waals surface area (Å²) in [6, 6.07) is 7.41. The van der Waals surface area contributed by atoms with Gasteiger partial charge in [-0.1, -0.05) is 30.7 Å². The van der Waals surface area contributed by atoms with E-state index in [0.29, 0.717) is 17.1 Å². The highest BCUT2D eigenvalue weighted by atomic mass is 35.5. The molecule has 1 aromatic carbocycles. The van der Waals surface area contributed by atoms with Gasteiger partial charge in [0.2, 0.25) is 0 Å². The first-order valence-electron chi connectivity index (χ1n) is 5.39. The molecule has 0 fully saturated rings. The largest absolute Gasteiger partial charge is 0.391 e. The predicted octanol–water partition coefficient (Wildman–Crippen LogP) is 2.83. The Morgan fingerprint density at radius 1 is 1.47 bits per heavy atom. The number of rotatable bonds is 2. The van der Waals surface area contributed by atoms with Crippen LogP contribution in [-0.4, -0.2) is 17.5 Å². The molecule has 0 unspecified atom stereocenters. The fourth-order valence-corrected chi connectivity index (χ4v) is 1.63. The number of benzene rings is 1. The lowest BCUT2D eigenvalue weighted by atomic mass is 10.0. The Bertz CT molecular complexity index is 487. The van der Waals surface area contributed by atoms with Crippen molar-refractivity contribution in [3.63, 3.8) is 0 Å². The molecule has 1 aliphatic rings. The van der Waals surface area contributed by atoms with E-state index in [9.17, 15) is 4.79 Å². The number of amidine groups is 1. The molecule has 4 nitrogen and oxygen atoms in total. The summed E-state index contributed by atoms with van der Waals surface area (Å²) in [7, 11) is 0. The molecular weight excluding hydrogens is 240 g/mol. The number of hydrogen-bond donors (Lipinski definition) is 1. The number of carbonyl (C=O) groups excluding carboxylic acids is 1. The summed E-state index contributed by atoms with van der Waals surface area (Å²) in [4.78, 5) is 15.8. The molecule has 1 aromatic rings. The van der Waals surface area contributed by atoms with Gasteiger partial charge in [-0.15, -0.1) is 0 Å². The lowest BCUT2D eigenvalue weighted by Crippen LogP contribution is -2.28. The summed E-state index contributed by atoms with van der Waals surface area (Å²) in [5, 5.41) is 3.46. The Hall–Kier alpha value is -1.55. The van der Waals surface area contributed by atoms with Crippen LogP contribution in [0.5, 0.6) is 0 Å². The first-order valence-corrected chi connectivity index (χ1v) is 5.76. The van der Waals surface area contributed by atoms with Crippen molar-refractivity contribution in [3.05, 3.63) is 29.3 Å². The lowest BCUT2D eigenvalue weighted by Gasteiger charge is -2.10. The van der Waals surface area contributed by atoms with Crippen molar-refractivity contribution in [2.24, 2.45) is 4.99 Å². The third-order valence-corrected chi connectivity index (χ3v) is 3.11. The summed E-state index contributed by atoms with van der Waals surface area (Å²) >= 11 is 5.99. The molecule has 0 saturated carbocycles. The Morgan fingerprint density at radius 2 is 2.18 bits per heavy atom. The SMILES string of the molecule is CC[C@]1(C)N=C(Nc2ccccc2Cl)OC1=O. The molecule has 0 aliphatic carbocycles. The van der Waals surface area contributed by atoms with E-state index in [1.807, 2.05) is 19.1 Å². The number of para-hydroxylation sites is 1. The van der Waals surface area contributed by atoms with E-state index in [1.165, 1.54) is 0 Å². The van der Waals surface area contributed by atoms with Crippen LogP contribution < -0.4 is 5.32 Å². The zero-order chi connectivity index (χ0) is 12.5. The third-order valence-electron chi connectivity index (χ3n) is 2.78. The summed E-state index contributed by atoms with van der Waals surface area (Å²) in [5.74, 6) is -0.338. The Morgan fingerprint density at radius 3 is 2.76 bits per heavy atom. The smallest absolute Gasteiger partial charge is 0.341 e. The average molecular weight is 253 g/mol. The number of halogens is 1. The van der Waals surface area contributed by atoms with E-state index >= 15 is 0 Å². The van der Waals surface area contributed by atoms with Gasteiger partial charge in [0.1, 0.15) is 0 Å². The zero-order valence-corrected chi connectivity index (χ0v) is 10.4. The molecular formula is C12H13ClN2O2. The van der Waals surface area contributed by atoms with Gasteiger partial charge in [0, 0.05) is 0 Å². The number of nitrogens with zero attached hydrogens (tertiary/aromatic N) is 1. The highest BCUT2D eigenvalue weighted by molar-refractivity contribution is 6.33. The monoisotopic (exact) mass is 252 g/mol. The van der Waals surface area contributed by atoms with Crippen LogP contribution in [-0.2, 0) is 9.53 Å². The third kappa shape index (κ3) is 2.26. The second-order valence-corrected chi connectivity index (χ2v) is 4.45. The molecule has 0 saturated heterocycles. The van der Waals surface area contributed by atoms with Crippen LogP contribution in [0.2, 0.25) is 5.02 Å². The van der Waals surface area contributed by atoms with E-state index in [0.717, 1.165) is 0 Å². The van der Waals surface area contributed by atoms with Crippen molar-refractivity contribution < 1.29 is 9.53 Å². The van der Waals surface area contributed by atoms with Crippen molar-refractivity contribution in [2.75, 3.05) is 5.32 Å². The summed E-state index contributed by atoms with van der Waals surface area (Å²) in [6.45, 7) is 3.64. The van der Waals surface area contributed by atoms with Crippen LogP contribution in [0.4, 0.5) is 5.69 Å². The molecule has 0 aromatic heterocycles. The van der Waals surface area contributed by atoms with Crippen molar-refractivity contribution in [3.8, 4) is 0 Å². The highest BCUT2D eigenvalue weighted by Crippen LogP contribution is 2.26. The first-order chi connectivity index (χ1) is 8.05. The second-order valence-electron chi connectivity index (χ2n) is 4.04. The van der Waals surface area contributed by atoms with Gasteiger partial charge in [-0.2, -0.15) is 0 Å². The molecule has 0 radical (unpaired) electrons. The Kier molecular flexibility index (Phi) is 3.07. The molecule has 1 heterocycles. The minimum atomic E-state index is -0.788. The topological polar surface area (TPSA) is 50.7 Å². The first kappa shape index (κ1) is 11.9. The molecule has 17 heavy (non-hydrogen) atoms. The summed E-state index contributed by atoms with van der Waals surface area (Å²) in [6.07, 6.45) is 0.597. The van der Waals surface area contributed by atoms with E-state index in [4.69, 9.17) is 16.3 Å². The number of anilines is 1. The van der Waals surface area contributed by atoms with Gasteiger partial charge in [0.05, 0.1) is 10.7 Å². The minimum absolute atomic E-state index is 0.201. The van der Waals surface area contributed by atoms with Crippen LogP contribution in [0, 0.1) is 0 Å². The fraction of sp³-hybridized carbons (Fsp3) is 0.333. The van der Waals surface area contributed by atoms with Crippen LogP contribution in [0.15, 0.2) is 29.3 Å². The van der Waals surface area contributed by atoms with E-state index < -0.39 is 5.54 Å². The van der Waals surface area contributed by atoms with Crippen LogP contribution >= 0.6 is 11.6 Å². The molecule has 1 aliphatic heterocycles. The number of cyclic esters (lactones) is 1. The molecule has 2 rings (SSSR count). The summed E-state index contributed by atoms with van der Waals surface area (Å²) < 4.78 is 5.07. The maximum absolute atomic E-state index is 11.6. The fourth-order valence-electron chi connectivity index (χ4n) is 1.44. The van der Waals surface area contributed by atoms with Crippen LogP contribution in [0.25, 0.3) is 0 Å². The summed E-state index contributed by atoms with van der Waals surface area (Å²) in [5.41, 5.74) is -0.120. The maximum atomic E-state index is 11.6. The maximum Gasteiger partial charge on any atom is 0.341 e. The molecule has 1 atom stereocenters. The number of carbonyl (C=O) groups is 1. The number of esters is 1. The zero-order valence-electron chi connectivity index (χ0n) is 9.66. The molecule has 0 bridgehead atoms. The van der Waals surface area contributed by atoms with Gasteiger partial charge in [0.15, 0.2) is 5.54 Å². The van der Waals surface area contributed by atoms with Gasteiger partial charge in [-0.3, -0.25) is 0 Å². The van der Waals surface area contributed by atoms with Gasteiger partial charge in [0.25, 0.3) is 6.02 Å². The quantitative estimate of drug-likeness (QED) is 0.824. The van der Waals surface area contributed by atoms with Gasteiger partial charge in [-0.05, 0) is 25.5 Å². The van der Waals surface area contributed by atoms with Gasteiger partial charge >= 0.3 is 5.97 Å². The number of aliphatic imine (C=N–C) groups is 1. The van der Waals surface area contributed by atoms with E-state index in [2.05, 4.69) is 10.3 Å². The van der Waals surface area contributed by atoms with Crippen LogP contribution in [0.1, 0.15) is 20.3 Å². The molecule has 0 amide bonds. The standard InChI is InChI=1S/C12H13ClN2O2/c1-3-12(2)10(16)17-11(15-12)14-9-7-5-4-6-8(9)13/h4-7H,3H2,1-2H3,(H,14,15)/t12-/m0/s1. The van der Waals surface area contributed by atoms with Crippen molar-refractivity contribution in [1.82, 2.24) is 0 Å². The van der Waals surface area contributed by atoms with E-state index in [-0.39, 0.29) is 12.0 Å². The van der Waals surface area contributed by atoms with Crippen molar-refractivity contribution in [2.45, 2.75) is 25.8 Å². The van der Waals surface area contributed by atoms with E-state index in [1.54, 1.807) is 19.1 Å². The molecule has 90 valence electrons. The van der Waals surface area contributed by atoms with Gasteiger partial charge in [-0.25, -0.2) is 9.79 Å². The normalized spacial score (nSPS) is 23.2. The van der Waals surface area contributed by atoms with Crippen molar-refractivity contribution in [1.29, 1.82) is 0 Å². The molecule has 0 spiro atoms. The Labute approximate surface area is 105 Å². The van der Waals surface area contributed by atoms with Crippen LogP contribution in [0.3, 0.4) is 0 Å².